The van der Waals surface area contributed by atoms with Gasteiger partial charge in [-0.2, -0.15) is 0 Å². The van der Waals surface area contributed by atoms with Crippen LogP contribution in [0.5, 0.6) is 0 Å². The monoisotopic (exact) mass is 247 g/mol. The van der Waals surface area contributed by atoms with Crippen molar-refractivity contribution < 1.29 is 4.42 Å². The van der Waals surface area contributed by atoms with Gasteiger partial charge in [-0.3, -0.25) is 0 Å². The van der Waals surface area contributed by atoms with E-state index in [2.05, 4.69) is 19.9 Å². The van der Waals surface area contributed by atoms with Gasteiger partial charge in [-0.1, -0.05) is 11.8 Å². The van der Waals surface area contributed by atoms with Gasteiger partial charge in [0.25, 0.3) is 0 Å². The summed E-state index contributed by atoms with van der Waals surface area (Å²) in [5.74, 6) is 1.95. The number of anilines is 1. The number of nitrogens with two attached hydrogens (primary N) is 1. The Morgan fingerprint density at radius 2 is 2.35 bits per heavy atom. The number of H-pyrrole nitrogens is 1. The van der Waals surface area contributed by atoms with Crippen LogP contribution < -0.4 is 5.73 Å². The van der Waals surface area contributed by atoms with Crippen LogP contribution in [0.1, 0.15) is 5.76 Å². The van der Waals surface area contributed by atoms with E-state index in [0.29, 0.717) is 27.9 Å². The molecule has 0 atom stereocenters. The molecule has 3 aromatic heterocycles. The summed E-state index contributed by atoms with van der Waals surface area (Å²) in [6, 6.07) is 3.76. The molecule has 7 heteroatoms. The van der Waals surface area contributed by atoms with Crippen molar-refractivity contribution in [3.8, 4) is 0 Å². The maximum atomic E-state index is 5.79. The van der Waals surface area contributed by atoms with E-state index in [1.807, 2.05) is 12.1 Å². The Morgan fingerprint density at radius 1 is 1.41 bits per heavy atom. The van der Waals surface area contributed by atoms with E-state index in [1.165, 1.54) is 11.8 Å². The number of fused-ring (bicyclic) bond motifs is 1. The van der Waals surface area contributed by atoms with Crippen molar-refractivity contribution in [1.29, 1.82) is 0 Å². The number of rotatable bonds is 3. The Labute approximate surface area is 101 Å². The third-order valence-electron chi connectivity index (χ3n) is 2.22. The first-order valence-corrected chi connectivity index (χ1v) is 5.93. The van der Waals surface area contributed by atoms with Crippen LogP contribution in [0.25, 0.3) is 11.2 Å². The zero-order valence-electron chi connectivity index (χ0n) is 8.75. The average molecular weight is 247 g/mol. The van der Waals surface area contributed by atoms with Crippen LogP contribution in [0.15, 0.2) is 34.3 Å². The molecular weight excluding hydrogens is 238 g/mol. The number of nitrogens with zero attached hydrogens (tertiary/aromatic N) is 3. The van der Waals surface area contributed by atoms with E-state index in [1.54, 1.807) is 12.6 Å². The molecule has 0 aliphatic heterocycles. The van der Waals surface area contributed by atoms with Gasteiger partial charge in [-0.05, 0) is 12.1 Å². The maximum Gasteiger partial charge on any atom is 0.192 e. The van der Waals surface area contributed by atoms with Gasteiger partial charge >= 0.3 is 0 Å². The molecule has 0 aliphatic rings. The molecule has 0 spiro atoms. The zero-order valence-corrected chi connectivity index (χ0v) is 9.57. The molecule has 3 heterocycles. The van der Waals surface area contributed by atoms with Crippen molar-refractivity contribution in [2.45, 2.75) is 10.9 Å². The number of nitrogen functional groups attached to an aromatic ring is 1. The summed E-state index contributed by atoms with van der Waals surface area (Å²) in [5.41, 5.74) is 7.05. The fraction of sp³-hybridized carbons (Fsp3) is 0.100. The normalized spacial score (nSPS) is 11.1. The van der Waals surface area contributed by atoms with Crippen LogP contribution in [0.4, 0.5) is 5.82 Å². The third kappa shape index (κ3) is 1.96. The number of hydrogen-bond donors (Lipinski definition) is 2. The first-order chi connectivity index (χ1) is 8.33. The number of hydrogen-bond acceptors (Lipinski definition) is 6. The van der Waals surface area contributed by atoms with Crippen molar-refractivity contribution in [3.63, 3.8) is 0 Å². The van der Waals surface area contributed by atoms with Gasteiger partial charge in [0.15, 0.2) is 16.6 Å². The fourth-order valence-corrected chi connectivity index (χ4v) is 2.18. The number of furan rings is 1. The third-order valence-corrected chi connectivity index (χ3v) is 3.09. The molecule has 6 nitrogen and oxygen atoms in total. The lowest BCUT2D eigenvalue weighted by molar-refractivity contribution is 0.530. The van der Waals surface area contributed by atoms with E-state index < -0.39 is 0 Å². The second kappa shape index (κ2) is 4.10. The van der Waals surface area contributed by atoms with Crippen LogP contribution in [-0.4, -0.2) is 19.9 Å². The predicted octanol–water partition coefficient (Wildman–Crippen LogP) is 1.82. The molecular formula is C10H9N5OS. The van der Waals surface area contributed by atoms with Crippen LogP contribution >= 0.6 is 11.8 Å². The topological polar surface area (TPSA) is 93.6 Å². The molecule has 3 aromatic rings. The molecule has 0 aromatic carbocycles. The van der Waals surface area contributed by atoms with Crippen molar-refractivity contribution in [1.82, 2.24) is 19.9 Å². The minimum atomic E-state index is 0.412. The quantitative estimate of drug-likeness (QED) is 0.541. The minimum absolute atomic E-state index is 0.412. The second-order valence-electron chi connectivity index (χ2n) is 3.36. The second-order valence-corrected chi connectivity index (χ2v) is 4.30. The minimum Gasteiger partial charge on any atom is -0.468 e. The summed E-state index contributed by atoms with van der Waals surface area (Å²) in [5, 5.41) is 0.596. The summed E-state index contributed by atoms with van der Waals surface area (Å²) in [6.45, 7) is 0. The molecule has 3 N–H and O–H groups in total. The molecule has 0 unspecified atom stereocenters. The predicted molar refractivity (Wildman–Crippen MR) is 64.4 cm³/mol. The molecule has 0 saturated carbocycles. The van der Waals surface area contributed by atoms with Gasteiger partial charge in [0.05, 0.1) is 18.3 Å². The van der Waals surface area contributed by atoms with Crippen molar-refractivity contribution in [3.05, 3.63) is 30.5 Å². The van der Waals surface area contributed by atoms with Crippen LogP contribution in [0, 0.1) is 0 Å². The summed E-state index contributed by atoms with van der Waals surface area (Å²) < 4.78 is 5.23. The number of aromatic nitrogens is 4. The standard InChI is InChI=1S/C10H9N5OS/c11-8-7-9(13-5-12-7)15-10(14-8)17-4-6-2-1-3-16-6/h1-3,5H,4H2,(H3,11,12,13,14,15). The smallest absolute Gasteiger partial charge is 0.192 e. The summed E-state index contributed by atoms with van der Waals surface area (Å²) >= 11 is 1.46. The Balaban J connectivity index is 1.85. The van der Waals surface area contributed by atoms with Gasteiger partial charge in [0.2, 0.25) is 0 Å². The molecule has 0 amide bonds. The number of aromatic amines is 1. The highest BCUT2D eigenvalue weighted by atomic mass is 32.2. The SMILES string of the molecule is Nc1nc(SCc2ccco2)nc2nc[nH]c12. The zero-order chi connectivity index (χ0) is 11.7. The highest BCUT2D eigenvalue weighted by molar-refractivity contribution is 7.98. The van der Waals surface area contributed by atoms with E-state index in [-0.39, 0.29) is 0 Å². The molecule has 86 valence electrons. The van der Waals surface area contributed by atoms with E-state index in [0.717, 1.165) is 5.76 Å². The lowest BCUT2D eigenvalue weighted by Crippen LogP contribution is -1.96. The number of thioether (sulfide) groups is 1. The van der Waals surface area contributed by atoms with Gasteiger partial charge < -0.3 is 15.1 Å². The Hall–Kier alpha value is -2.02. The molecule has 3 rings (SSSR count). The van der Waals surface area contributed by atoms with Crippen LogP contribution in [-0.2, 0) is 5.75 Å². The van der Waals surface area contributed by atoms with Crippen LogP contribution in [0.3, 0.4) is 0 Å². The summed E-state index contributed by atoms with van der Waals surface area (Å²) in [6.07, 6.45) is 3.19. The summed E-state index contributed by atoms with van der Waals surface area (Å²) in [7, 11) is 0. The lowest BCUT2D eigenvalue weighted by Gasteiger charge is -2.00. The van der Waals surface area contributed by atoms with Gasteiger partial charge in [0.1, 0.15) is 11.3 Å². The van der Waals surface area contributed by atoms with Crippen LogP contribution in [0.2, 0.25) is 0 Å². The van der Waals surface area contributed by atoms with Crippen molar-refractivity contribution >= 4 is 28.7 Å². The number of nitrogens with one attached hydrogen (secondary N) is 1. The first kappa shape index (κ1) is 10.2. The maximum absolute atomic E-state index is 5.79. The van der Waals surface area contributed by atoms with Gasteiger partial charge in [-0.25, -0.2) is 15.0 Å². The van der Waals surface area contributed by atoms with E-state index in [4.69, 9.17) is 10.2 Å². The molecule has 17 heavy (non-hydrogen) atoms. The fourth-order valence-electron chi connectivity index (χ4n) is 1.43. The van der Waals surface area contributed by atoms with Gasteiger partial charge in [-0.15, -0.1) is 0 Å². The summed E-state index contributed by atoms with van der Waals surface area (Å²) in [4.78, 5) is 15.4. The lowest BCUT2D eigenvalue weighted by atomic mass is 10.5. The molecule has 0 fully saturated rings. The highest BCUT2D eigenvalue weighted by Crippen LogP contribution is 2.23. The van der Waals surface area contributed by atoms with Crippen molar-refractivity contribution in [2.24, 2.45) is 0 Å². The van der Waals surface area contributed by atoms with Crippen molar-refractivity contribution in [2.75, 3.05) is 5.73 Å². The molecule has 0 radical (unpaired) electrons. The largest absolute Gasteiger partial charge is 0.468 e. The average Bonchev–Trinajstić information content (AvgIpc) is 2.97. The molecule has 0 bridgehead atoms. The molecule has 0 aliphatic carbocycles. The Kier molecular flexibility index (Phi) is 2.45. The van der Waals surface area contributed by atoms with E-state index >= 15 is 0 Å². The van der Waals surface area contributed by atoms with E-state index in [9.17, 15) is 0 Å². The highest BCUT2D eigenvalue weighted by Gasteiger charge is 2.08. The molecule has 0 saturated heterocycles. The Bertz CT molecular complexity index is 633. The Morgan fingerprint density at radius 3 is 3.18 bits per heavy atom. The number of imidazole rings is 1. The van der Waals surface area contributed by atoms with Gasteiger partial charge in [0, 0.05) is 0 Å². The first-order valence-electron chi connectivity index (χ1n) is 4.95.